The molecule has 4 aromatic rings. The van der Waals surface area contributed by atoms with E-state index in [1.54, 1.807) is 16.5 Å². The van der Waals surface area contributed by atoms with E-state index in [4.69, 9.17) is 0 Å². The lowest BCUT2D eigenvalue weighted by atomic mass is 9.91. The van der Waals surface area contributed by atoms with Gasteiger partial charge in [-0.1, -0.05) is 18.2 Å². The highest BCUT2D eigenvalue weighted by molar-refractivity contribution is 6.06. The Balaban J connectivity index is 1.22. The maximum absolute atomic E-state index is 13.0. The molecule has 3 aromatic heterocycles. The molecule has 0 atom stereocenters. The van der Waals surface area contributed by atoms with Crippen molar-refractivity contribution in [3.05, 3.63) is 59.5 Å². The summed E-state index contributed by atoms with van der Waals surface area (Å²) in [4.78, 5) is 16.8. The lowest BCUT2D eigenvalue weighted by Crippen LogP contribution is -2.40. The number of alkyl halides is 2. The highest BCUT2D eigenvalue weighted by Crippen LogP contribution is 2.26. The van der Waals surface area contributed by atoms with Crippen LogP contribution in [0.15, 0.2) is 42.6 Å². The quantitative estimate of drug-likeness (QED) is 0.425. The van der Waals surface area contributed by atoms with Crippen molar-refractivity contribution in [1.29, 1.82) is 0 Å². The minimum Gasteiger partial charge on any atom is -0.368 e. The Labute approximate surface area is 183 Å². The molecule has 7 nitrogen and oxygen atoms in total. The van der Waals surface area contributed by atoms with Gasteiger partial charge in [-0.15, -0.1) is 0 Å². The summed E-state index contributed by atoms with van der Waals surface area (Å²) in [6.07, 6.45) is 2.18. The third kappa shape index (κ3) is 3.79. The molecule has 1 aromatic carbocycles. The smallest absolute Gasteiger partial charge is 0.281 e. The van der Waals surface area contributed by atoms with E-state index in [0.717, 1.165) is 42.6 Å². The van der Waals surface area contributed by atoms with Gasteiger partial charge in [-0.25, -0.2) is 13.8 Å². The average Bonchev–Trinajstić information content (AvgIpc) is 3.40. The average molecular weight is 438 g/mol. The molecule has 32 heavy (non-hydrogen) atoms. The number of hydrogen-bond acceptors (Lipinski definition) is 4. The van der Waals surface area contributed by atoms with E-state index in [-0.39, 0.29) is 23.7 Å². The van der Waals surface area contributed by atoms with Gasteiger partial charge >= 0.3 is 0 Å². The maximum atomic E-state index is 13.0. The van der Waals surface area contributed by atoms with Crippen LogP contribution < -0.4 is 10.6 Å². The van der Waals surface area contributed by atoms with Crippen molar-refractivity contribution in [2.75, 3.05) is 5.32 Å². The first-order valence-electron chi connectivity index (χ1n) is 10.8. The molecular formula is C23H24F2N6O. The van der Waals surface area contributed by atoms with Crippen LogP contribution in [0.4, 0.5) is 14.6 Å². The summed E-state index contributed by atoms with van der Waals surface area (Å²) in [6.45, 7) is 1.93. The van der Waals surface area contributed by atoms with Crippen LogP contribution in [0.1, 0.15) is 53.9 Å². The molecule has 0 aliphatic heterocycles. The molecule has 1 saturated carbocycles. The number of aromatic amines is 1. The number of rotatable bonds is 5. The van der Waals surface area contributed by atoms with Crippen molar-refractivity contribution in [2.45, 2.75) is 51.1 Å². The van der Waals surface area contributed by atoms with Gasteiger partial charge in [-0.05, 0) is 50.8 Å². The van der Waals surface area contributed by atoms with Crippen molar-refractivity contribution in [2.24, 2.45) is 0 Å². The zero-order valence-corrected chi connectivity index (χ0v) is 17.6. The Kier molecular flexibility index (Phi) is 5.24. The van der Waals surface area contributed by atoms with Crippen molar-refractivity contribution < 1.29 is 13.6 Å². The standard InChI is InChI=1S/C23H24F2N6O/c1-13-16-4-2-5-17(21(16)30-29-13)23(32)27-15-10-8-14(9-11-15)26-19-6-3-7-20-28-18(22(24)25)12-31(19)20/h2-7,12,14-15,22,26H,8-11H2,1H3,(H,27,32)(H,29,30). The van der Waals surface area contributed by atoms with Gasteiger partial charge in [0.15, 0.2) is 0 Å². The zero-order valence-electron chi connectivity index (χ0n) is 17.6. The molecule has 0 saturated heterocycles. The van der Waals surface area contributed by atoms with E-state index < -0.39 is 6.43 Å². The van der Waals surface area contributed by atoms with Gasteiger partial charge in [0.2, 0.25) is 0 Å². The molecule has 1 amide bonds. The van der Waals surface area contributed by atoms with Gasteiger partial charge < -0.3 is 10.6 Å². The topological polar surface area (TPSA) is 87.1 Å². The number of aromatic nitrogens is 4. The summed E-state index contributed by atoms with van der Waals surface area (Å²) in [6, 6.07) is 11.3. The first-order chi connectivity index (χ1) is 15.5. The lowest BCUT2D eigenvalue weighted by molar-refractivity contribution is 0.0928. The van der Waals surface area contributed by atoms with Crippen LogP contribution in [-0.2, 0) is 0 Å². The number of pyridine rings is 1. The second-order valence-corrected chi connectivity index (χ2v) is 8.32. The second kappa shape index (κ2) is 8.22. The molecule has 3 heterocycles. The SMILES string of the molecule is Cc1[nH]nc2c(C(=O)NC3CCC(Nc4cccc5nc(C(F)F)cn45)CC3)cccc12. The molecular weight excluding hydrogens is 414 g/mol. The van der Waals surface area contributed by atoms with E-state index in [9.17, 15) is 13.6 Å². The summed E-state index contributed by atoms with van der Waals surface area (Å²) < 4.78 is 27.7. The van der Waals surface area contributed by atoms with Crippen molar-refractivity contribution in [1.82, 2.24) is 24.9 Å². The third-order valence-electron chi connectivity index (χ3n) is 6.17. The molecule has 3 N–H and O–H groups in total. The van der Waals surface area contributed by atoms with Crippen LogP contribution in [0.2, 0.25) is 0 Å². The summed E-state index contributed by atoms with van der Waals surface area (Å²) in [5, 5.41) is 14.8. The molecule has 1 aliphatic rings. The van der Waals surface area contributed by atoms with Crippen molar-refractivity contribution in [3.63, 3.8) is 0 Å². The Hall–Kier alpha value is -3.49. The first kappa shape index (κ1) is 20.4. The van der Waals surface area contributed by atoms with Gasteiger partial charge in [0.25, 0.3) is 12.3 Å². The molecule has 1 fully saturated rings. The molecule has 9 heteroatoms. The molecule has 0 bridgehead atoms. The van der Waals surface area contributed by atoms with E-state index >= 15 is 0 Å². The number of nitrogens with zero attached hydrogens (tertiary/aromatic N) is 3. The number of benzene rings is 1. The Morgan fingerprint density at radius 2 is 1.88 bits per heavy atom. The number of imidazole rings is 1. The fourth-order valence-electron chi connectivity index (χ4n) is 4.46. The number of anilines is 1. The number of halogens is 2. The van der Waals surface area contributed by atoms with Crippen LogP contribution in [0.3, 0.4) is 0 Å². The van der Waals surface area contributed by atoms with Crippen LogP contribution >= 0.6 is 0 Å². The minimum absolute atomic E-state index is 0.0883. The van der Waals surface area contributed by atoms with Crippen LogP contribution in [0.25, 0.3) is 16.6 Å². The summed E-state index contributed by atoms with van der Waals surface area (Å²) in [7, 11) is 0. The number of fused-ring (bicyclic) bond motifs is 2. The van der Waals surface area contributed by atoms with Crippen molar-refractivity contribution >= 4 is 28.3 Å². The fraction of sp³-hybridized carbons (Fsp3) is 0.348. The minimum atomic E-state index is -2.60. The van der Waals surface area contributed by atoms with Gasteiger partial charge in [0.1, 0.15) is 22.7 Å². The molecule has 0 spiro atoms. The number of hydrogen-bond donors (Lipinski definition) is 3. The number of carbonyl (C=O) groups excluding carboxylic acids is 1. The van der Waals surface area contributed by atoms with E-state index in [1.165, 1.54) is 6.20 Å². The van der Waals surface area contributed by atoms with E-state index in [1.807, 2.05) is 31.2 Å². The van der Waals surface area contributed by atoms with Crippen LogP contribution in [0.5, 0.6) is 0 Å². The Bertz CT molecular complexity index is 1270. The number of amides is 1. The molecule has 1 aliphatic carbocycles. The van der Waals surface area contributed by atoms with Crippen LogP contribution in [-0.4, -0.2) is 37.6 Å². The summed E-state index contributed by atoms with van der Waals surface area (Å²) in [5.41, 5.74) is 2.47. The number of carbonyl (C=O) groups is 1. The zero-order chi connectivity index (χ0) is 22.2. The Morgan fingerprint density at radius 3 is 2.66 bits per heavy atom. The number of aryl methyl sites for hydroxylation is 1. The third-order valence-corrected chi connectivity index (χ3v) is 6.17. The maximum Gasteiger partial charge on any atom is 0.281 e. The molecule has 0 unspecified atom stereocenters. The fourth-order valence-corrected chi connectivity index (χ4v) is 4.46. The highest BCUT2D eigenvalue weighted by Gasteiger charge is 2.24. The number of nitrogens with one attached hydrogen (secondary N) is 3. The Morgan fingerprint density at radius 1 is 1.12 bits per heavy atom. The van der Waals surface area contributed by atoms with Gasteiger partial charge in [0, 0.05) is 29.4 Å². The lowest BCUT2D eigenvalue weighted by Gasteiger charge is -2.30. The van der Waals surface area contributed by atoms with Gasteiger partial charge in [-0.3, -0.25) is 14.3 Å². The second-order valence-electron chi connectivity index (χ2n) is 8.32. The van der Waals surface area contributed by atoms with Crippen LogP contribution in [0, 0.1) is 6.92 Å². The van der Waals surface area contributed by atoms with Gasteiger partial charge in [-0.2, -0.15) is 5.10 Å². The summed E-state index contributed by atoms with van der Waals surface area (Å²) >= 11 is 0. The predicted octanol–water partition coefficient (Wildman–Crippen LogP) is 4.61. The highest BCUT2D eigenvalue weighted by atomic mass is 19.3. The first-order valence-corrected chi connectivity index (χ1v) is 10.8. The number of para-hydroxylation sites is 1. The normalized spacial score (nSPS) is 19.0. The molecule has 0 radical (unpaired) electrons. The van der Waals surface area contributed by atoms with Crippen molar-refractivity contribution in [3.8, 4) is 0 Å². The van der Waals surface area contributed by atoms with E-state index in [2.05, 4.69) is 25.8 Å². The molecule has 5 rings (SSSR count). The monoisotopic (exact) mass is 438 g/mol. The van der Waals surface area contributed by atoms with E-state index in [0.29, 0.717) is 16.7 Å². The predicted molar refractivity (Wildman–Crippen MR) is 118 cm³/mol. The molecule has 166 valence electrons. The summed E-state index contributed by atoms with van der Waals surface area (Å²) in [5.74, 6) is 0.635. The van der Waals surface area contributed by atoms with Gasteiger partial charge in [0.05, 0.1) is 5.56 Å². The largest absolute Gasteiger partial charge is 0.368 e. The number of H-pyrrole nitrogens is 1.